The monoisotopic (exact) mass is 496 g/mol. The van der Waals surface area contributed by atoms with Crippen LogP contribution in [0, 0.1) is 11.6 Å². The summed E-state index contributed by atoms with van der Waals surface area (Å²) in [5, 5.41) is 8.20. The number of benzene rings is 2. The lowest BCUT2D eigenvalue weighted by molar-refractivity contribution is -0.146. The summed E-state index contributed by atoms with van der Waals surface area (Å²) >= 11 is 1.29. The van der Waals surface area contributed by atoms with Crippen molar-refractivity contribution >= 4 is 23.7 Å². The van der Waals surface area contributed by atoms with Crippen LogP contribution in [0.15, 0.2) is 65.0 Å². The van der Waals surface area contributed by atoms with Gasteiger partial charge in [0.05, 0.1) is 5.57 Å². The second-order valence-electron chi connectivity index (χ2n) is 8.83. The summed E-state index contributed by atoms with van der Waals surface area (Å²) in [5.41, 5.74) is 2.08. The van der Waals surface area contributed by atoms with Crippen LogP contribution in [-0.2, 0) is 15.3 Å². The molecule has 1 unspecified atom stereocenters. The van der Waals surface area contributed by atoms with E-state index in [2.05, 4.69) is 15.4 Å². The van der Waals surface area contributed by atoms with Gasteiger partial charge in [-0.15, -0.1) is 5.10 Å². The highest BCUT2D eigenvalue weighted by Gasteiger charge is 2.36. The highest BCUT2D eigenvalue weighted by atomic mass is 32.2. The van der Waals surface area contributed by atoms with Gasteiger partial charge in [0.15, 0.2) is 0 Å². The van der Waals surface area contributed by atoms with Crippen molar-refractivity contribution in [2.24, 2.45) is 0 Å². The predicted octanol–water partition coefficient (Wildman–Crippen LogP) is 6.01. The summed E-state index contributed by atoms with van der Waals surface area (Å²) in [6.45, 7) is 1.79. The number of fused-ring (bicyclic) bond motifs is 1. The van der Waals surface area contributed by atoms with E-state index in [1.165, 1.54) is 30.0 Å². The molecule has 182 valence electrons. The molecular formula is C26H26F2N4O2S. The minimum absolute atomic E-state index is 0.117. The van der Waals surface area contributed by atoms with Crippen molar-refractivity contribution in [1.82, 2.24) is 14.8 Å². The molecule has 1 aliphatic carbocycles. The second-order valence-corrected chi connectivity index (χ2v) is 9.77. The maximum absolute atomic E-state index is 14.2. The molecule has 1 saturated carbocycles. The highest BCUT2D eigenvalue weighted by Crippen LogP contribution is 2.38. The van der Waals surface area contributed by atoms with Crippen molar-refractivity contribution in [3.8, 4) is 0 Å². The Morgan fingerprint density at radius 3 is 2.71 bits per heavy atom. The molecule has 1 N–H and O–H groups in total. The van der Waals surface area contributed by atoms with Crippen LogP contribution in [0.4, 0.5) is 14.7 Å². The first-order chi connectivity index (χ1) is 17.0. The minimum atomic E-state index is -0.701. The third kappa shape index (κ3) is 5.10. The van der Waals surface area contributed by atoms with Gasteiger partial charge in [-0.1, -0.05) is 48.5 Å². The third-order valence-electron chi connectivity index (χ3n) is 6.36. The molecule has 3 aromatic rings. The third-order valence-corrected chi connectivity index (χ3v) is 7.24. The number of esters is 1. The molecule has 2 aromatic carbocycles. The fourth-order valence-electron chi connectivity index (χ4n) is 4.60. The molecule has 2 aliphatic rings. The van der Waals surface area contributed by atoms with E-state index in [9.17, 15) is 13.6 Å². The number of nitrogens with one attached hydrogen (secondary N) is 1. The quantitative estimate of drug-likeness (QED) is 0.333. The normalized spacial score (nSPS) is 18.2. The van der Waals surface area contributed by atoms with Gasteiger partial charge in [0.25, 0.3) is 0 Å². The first-order valence-electron chi connectivity index (χ1n) is 11.8. The first kappa shape index (κ1) is 23.5. The van der Waals surface area contributed by atoms with Gasteiger partial charge in [-0.25, -0.2) is 18.3 Å². The van der Waals surface area contributed by atoms with Gasteiger partial charge in [-0.3, -0.25) is 0 Å². The molecule has 9 heteroatoms. The number of hydrogen-bond acceptors (Lipinski definition) is 6. The van der Waals surface area contributed by atoms with Crippen molar-refractivity contribution in [2.45, 2.75) is 62.1 Å². The van der Waals surface area contributed by atoms with E-state index < -0.39 is 17.8 Å². The molecule has 1 aliphatic heterocycles. The Morgan fingerprint density at radius 1 is 1.14 bits per heavy atom. The van der Waals surface area contributed by atoms with Gasteiger partial charge < -0.3 is 10.1 Å². The smallest absolute Gasteiger partial charge is 0.338 e. The fraction of sp³-hybridized carbons (Fsp3) is 0.346. The Morgan fingerprint density at radius 2 is 1.94 bits per heavy atom. The van der Waals surface area contributed by atoms with Crippen LogP contribution in [0.25, 0.3) is 0 Å². The Balaban J connectivity index is 1.46. The summed E-state index contributed by atoms with van der Waals surface area (Å²) in [6, 6.07) is 12.0. The number of nitrogens with zero attached hydrogens (tertiary/aromatic N) is 3. The lowest BCUT2D eigenvalue weighted by Gasteiger charge is -2.30. The van der Waals surface area contributed by atoms with Crippen LogP contribution in [0.5, 0.6) is 0 Å². The van der Waals surface area contributed by atoms with Gasteiger partial charge in [0.1, 0.15) is 23.8 Å². The van der Waals surface area contributed by atoms with E-state index in [0.717, 1.165) is 32.1 Å². The number of halogens is 2. The van der Waals surface area contributed by atoms with Crippen molar-refractivity contribution < 1.29 is 18.3 Å². The number of carbonyl (C=O) groups excluding carboxylic acids is 1. The van der Waals surface area contributed by atoms with Gasteiger partial charge in [0.2, 0.25) is 11.1 Å². The molecule has 2 heterocycles. The maximum atomic E-state index is 14.2. The van der Waals surface area contributed by atoms with Crippen LogP contribution >= 0.6 is 11.8 Å². The Labute approximate surface area is 206 Å². The molecule has 0 amide bonds. The fourth-order valence-corrected chi connectivity index (χ4v) is 5.41. The molecule has 1 atom stereocenters. The zero-order valence-electron chi connectivity index (χ0n) is 19.3. The molecular weight excluding hydrogens is 470 g/mol. The number of thioether (sulfide) groups is 1. The summed E-state index contributed by atoms with van der Waals surface area (Å²) in [7, 11) is 0. The van der Waals surface area contributed by atoms with Gasteiger partial charge in [-0.05, 0) is 61.9 Å². The highest BCUT2D eigenvalue weighted by molar-refractivity contribution is 7.98. The number of aromatic nitrogens is 3. The van der Waals surface area contributed by atoms with Gasteiger partial charge in [-0.2, -0.15) is 4.98 Å². The molecule has 0 saturated heterocycles. The van der Waals surface area contributed by atoms with E-state index in [-0.39, 0.29) is 11.9 Å². The van der Waals surface area contributed by atoms with Crippen LogP contribution in [0.1, 0.15) is 56.2 Å². The number of anilines is 1. The van der Waals surface area contributed by atoms with Crippen molar-refractivity contribution in [3.63, 3.8) is 0 Å². The molecule has 1 aromatic heterocycles. The zero-order valence-corrected chi connectivity index (χ0v) is 20.2. The number of carbonyl (C=O) groups is 1. The van der Waals surface area contributed by atoms with Crippen LogP contribution in [0.2, 0.25) is 0 Å². The molecule has 0 bridgehead atoms. The molecule has 6 nitrogen and oxygen atoms in total. The lowest BCUT2D eigenvalue weighted by Crippen LogP contribution is -2.32. The van der Waals surface area contributed by atoms with E-state index in [0.29, 0.717) is 39.3 Å². The van der Waals surface area contributed by atoms with E-state index in [1.807, 2.05) is 0 Å². The van der Waals surface area contributed by atoms with Crippen LogP contribution < -0.4 is 5.32 Å². The molecule has 35 heavy (non-hydrogen) atoms. The van der Waals surface area contributed by atoms with E-state index in [1.54, 1.807) is 41.9 Å². The van der Waals surface area contributed by atoms with Crippen LogP contribution in [-0.4, -0.2) is 26.8 Å². The second kappa shape index (κ2) is 10.2. The molecule has 0 radical (unpaired) electrons. The minimum Gasteiger partial charge on any atom is -0.459 e. The summed E-state index contributed by atoms with van der Waals surface area (Å²) in [5.74, 6) is -0.344. The van der Waals surface area contributed by atoms with Gasteiger partial charge >= 0.3 is 5.97 Å². The first-order valence-corrected chi connectivity index (χ1v) is 12.7. The molecule has 0 spiro atoms. The Hall–Kier alpha value is -3.20. The summed E-state index contributed by atoms with van der Waals surface area (Å²) in [4.78, 5) is 17.9. The van der Waals surface area contributed by atoms with Gasteiger partial charge in [0, 0.05) is 11.4 Å². The Kier molecular flexibility index (Phi) is 6.86. The molecule has 5 rings (SSSR count). The average molecular weight is 497 g/mol. The topological polar surface area (TPSA) is 69.0 Å². The number of ether oxygens (including phenoxy) is 1. The zero-order chi connectivity index (χ0) is 24.4. The number of hydrogen-bond donors (Lipinski definition) is 1. The Bertz CT molecular complexity index is 1270. The maximum Gasteiger partial charge on any atom is 0.338 e. The SMILES string of the molecule is CC1=C(C(=O)OC2CCCCC2)C(c2cccc(F)c2)n2nc(SCc3ccccc3F)nc2N1. The summed E-state index contributed by atoms with van der Waals surface area (Å²) in [6.07, 6.45) is 4.81. The van der Waals surface area contributed by atoms with Crippen molar-refractivity contribution in [1.29, 1.82) is 0 Å². The predicted molar refractivity (Wildman–Crippen MR) is 130 cm³/mol. The van der Waals surface area contributed by atoms with Crippen molar-refractivity contribution in [3.05, 3.63) is 82.6 Å². The molecule has 1 fully saturated rings. The standard InChI is InChI=1S/C26H26F2N4O2S/c1-16-22(24(33)34-20-11-3-2-4-12-20)23(17-9-7-10-19(27)14-17)32-25(29-16)30-26(31-32)35-15-18-8-5-6-13-21(18)28/h5-10,13-14,20,23H,2-4,11-12,15H2,1H3,(H,29,30,31). The van der Waals surface area contributed by atoms with E-state index in [4.69, 9.17) is 4.74 Å². The average Bonchev–Trinajstić information content (AvgIpc) is 3.25. The van der Waals surface area contributed by atoms with Crippen LogP contribution in [0.3, 0.4) is 0 Å². The number of allylic oxidation sites excluding steroid dienone is 1. The van der Waals surface area contributed by atoms with Crippen molar-refractivity contribution in [2.75, 3.05) is 5.32 Å². The largest absolute Gasteiger partial charge is 0.459 e. The lowest BCUT2D eigenvalue weighted by atomic mass is 9.95. The van der Waals surface area contributed by atoms with E-state index >= 15 is 0 Å². The summed E-state index contributed by atoms with van der Waals surface area (Å²) < 4.78 is 35.7. The number of rotatable bonds is 6.